The summed E-state index contributed by atoms with van der Waals surface area (Å²) in [5.41, 5.74) is -0.810. The molecule has 0 aliphatic carbocycles. The van der Waals surface area contributed by atoms with Crippen LogP contribution >= 0.6 is 0 Å². The summed E-state index contributed by atoms with van der Waals surface area (Å²) in [5.74, 6) is -1.18. The molecular weight excluding hydrogens is 477 g/mol. The van der Waals surface area contributed by atoms with Crippen molar-refractivity contribution in [2.24, 2.45) is 5.92 Å². The molecular formula is C25H27F3N4O4. The van der Waals surface area contributed by atoms with Crippen LogP contribution in [0.3, 0.4) is 0 Å². The summed E-state index contributed by atoms with van der Waals surface area (Å²) in [7, 11) is 0. The first-order valence-corrected chi connectivity index (χ1v) is 11.6. The molecule has 0 spiro atoms. The van der Waals surface area contributed by atoms with Crippen LogP contribution < -0.4 is 21.3 Å². The Morgan fingerprint density at radius 2 is 1.86 bits per heavy atom. The number of rotatable bonds is 7. The molecule has 2 aromatic rings. The van der Waals surface area contributed by atoms with Gasteiger partial charge in [-0.05, 0) is 36.2 Å². The zero-order valence-electron chi connectivity index (χ0n) is 19.4. The Kier molecular flexibility index (Phi) is 7.48. The number of para-hydroxylation sites is 1. The molecule has 2 atom stereocenters. The Balaban J connectivity index is 1.35. The third-order valence-electron chi connectivity index (χ3n) is 6.37. The summed E-state index contributed by atoms with van der Waals surface area (Å²) in [5, 5.41) is 11.1. The average molecular weight is 505 g/mol. The molecule has 1 unspecified atom stereocenters. The fourth-order valence-corrected chi connectivity index (χ4v) is 4.25. The lowest BCUT2D eigenvalue weighted by atomic mass is 9.93. The molecule has 4 N–H and O–H groups in total. The van der Waals surface area contributed by atoms with Gasteiger partial charge in [-0.15, -0.1) is 0 Å². The Hall–Kier alpha value is -3.60. The third kappa shape index (κ3) is 5.96. The average Bonchev–Trinajstić information content (AvgIpc) is 3.33. The SMILES string of the molecule is O=C1CCC(C(=O)N[C@@]2(C(=O)NCc3ccc(Nc4ccccc4C(F)(F)F)cc3)CCOC2)CN1. The highest BCUT2D eigenvalue weighted by Gasteiger charge is 2.44. The van der Waals surface area contributed by atoms with Gasteiger partial charge in [-0.2, -0.15) is 13.2 Å². The lowest BCUT2D eigenvalue weighted by Gasteiger charge is -2.30. The monoisotopic (exact) mass is 504 g/mol. The quantitative estimate of drug-likeness (QED) is 0.464. The molecule has 36 heavy (non-hydrogen) atoms. The van der Waals surface area contributed by atoms with E-state index in [1.807, 2.05) is 0 Å². The first-order valence-electron chi connectivity index (χ1n) is 11.6. The van der Waals surface area contributed by atoms with Crippen molar-refractivity contribution in [2.45, 2.75) is 37.5 Å². The minimum Gasteiger partial charge on any atom is -0.378 e. The number of hydrogen-bond acceptors (Lipinski definition) is 5. The van der Waals surface area contributed by atoms with Crippen LogP contribution in [0, 0.1) is 5.92 Å². The fraction of sp³-hybridized carbons (Fsp3) is 0.400. The van der Waals surface area contributed by atoms with Crippen LogP contribution in [0.1, 0.15) is 30.4 Å². The number of benzene rings is 2. The molecule has 0 aromatic heterocycles. The number of amides is 3. The summed E-state index contributed by atoms with van der Waals surface area (Å²) >= 11 is 0. The van der Waals surface area contributed by atoms with Crippen molar-refractivity contribution >= 4 is 29.1 Å². The smallest absolute Gasteiger partial charge is 0.378 e. The van der Waals surface area contributed by atoms with Crippen LogP contribution in [0.2, 0.25) is 0 Å². The van der Waals surface area contributed by atoms with Gasteiger partial charge in [-0.3, -0.25) is 14.4 Å². The maximum Gasteiger partial charge on any atom is 0.418 e. The van der Waals surface area contributed by atoms with Crippen LogP contribution in [0.4, 0.5) is 24.5 Å². The number of carbonyl (C=O) groups excluding carboxylic acids is 3. The molecule has 8 nitrogen and oxygen atoms in total. The van der Waals surface area contributed by atoms with Gasteiger partial charge >= 0.3 is 6.18 Å². The predicted molar refractivity (Wildman–Crippen MR) is 125 cm³/mol. The van der Waals surface area contributed by atoms with Gasteiger partial charge in [0.1, 0.15) is 5.54 Å². The lowest BCUT2D eigenvalue weighted by molar-refractivity contribution is -0.137. The molecule has 4 rings (SSSR count). The molecule has 0 saturated carbocycles. The number of carbonyl (C=O) groups is 3. The molecule has 2 aliphatic rings. The second-order valence-corrected chi connectivity index (χ2v) is 8.96. The van der Waals surface area contributed by atoms with Crippen molar-refractivity contribution in [3.63, 3.8) is 0 Å². The molecule has 11 heteroatoms. The summed E-state index contributed by atoms with van der Waals surface area (Å²) in [4.78, 5) is 37.2. The van der Waals surface area contributed by atoms with Crippen molar-refractivity contribution in [1.82, 2.24) is 16.0 Å². The van der Waals surface area contributed by atoms with Gasteiger partial charge in [0, 0.05) is 38.2 Å². The summed E-state index contributed by atoms with van der Waals surface area (Å²) < 4.78 is 45.1. The van der Waals surface area contributed by atoms with Gasteiger partial charge in [-0.25, -0.2) is 0 Å². The molecule has 2 fully saturated rings. The number of anilines is 2. The molecule has 192 valence electrons. The van der Waals surface area contributed by atoms with E-state index in [2.05, 4.69) is 21.3 Å². The second-order valence-electron chi connectivity index (χ2n) is 8.96. The largest absolute Gasteiger partial charge is 0.418 e. The number of alkyl halides is 3. The standard InChI is InChI=1S/C25H27F3N4O4/c26-25(27,28)19-3-1-2-4-20(19)31-18-8-5-16(6-9-18)13-30-23(35)24(11-12-36-15-24)32-22(34)17-7-10-21(33)29-14-17/h1-6,8-9,17,31H,7,10-15H2,(H,29,33)(H,30,35)(H,32,34)/t17?,24-/m0/s1. The number of ether oxygens (including phenoxy) is 1. The Morgan fingerprint density at radius 1 is 1.11 bits per heavy atom. The minimum absolute atomic E-state index is 0.0468. The molecule has 0 bridgehead atoms. The van der Waals surface area contributed by atoms with E-state index in [4.69, 9.17) is 4.74 Å². The number of halogens is 3. The second kappa shape index (κ2) is 10.6. The number of nitrogens with one attached hydrogen (secondary N) is 4. The van der Waals surface area contributed by atoms with E-state index in [1.165, 1.54) is 18.2 Å². The zero-order valence-corrected chi connectivity index (χ0v) is 19.4. The Morgan fingerprint density at radius 3 is 2.50 bits per heavy atom. The van der Waals surface area contributed by atoms with Crippen molar-refractivity contribution < 1.29 is 32.3 Å². The number of hydrogen-bond donors (Lipinski definition) is 4. The van der Waals surface area contributed by atoms with Crippen LogP contribution in [0.5, 0.6) is 0 Å². The van der Waals surface area contributed by atoms with Crippen LogP contribution in [0.15, 0.2) is 48.5 Å². The molecule has 2 saturated heterocycles. The molecule has 2 heterocycles. The first-order chi connectivity index (χ1) is 17.2. The summed E-state index contributed by atoms with van der Waals surface area (Å²) in [6.45, 7) is 0.770. The number of piperidine rings is 1. The summed E-state index contributed by atoms with van der Waals surface area (Å²) in [6, 6.07) is 11.9. The van der Waals surface area contributed by atoms with Gasteiger partial charge in [0.25, 0.3) is 0 Å². The highest BCUT2D eigenvalue weighted by atomic mass is 19.4. The van der Waals surface area contributed by atoms with Gasteiger partial charge in [0.2, 0.25) is 17.7 Å². The summed E-state index contributed by atoms with van der Waals surface area (Å²) in [6.07, 6.45) is -3.47. The minimum atomic E-state index is -4.48. The van der Waals surface area contributed by atoms with Crippen molar-refractivity contribution in [3.8, 4) is 0 Å². The molecule has 2 aromatic carbocycles. The molecule has 0 radical (unpaired) electrons. The van der Waals surface area contributed by atoms with E-state index in [1.54, 1.807) is 24.3 Å². The van der Waals surface area contributed by atoms with E-state index in [9.17, 15) is 27.6 Å². The third-order valence-corrected chi connectivity index (χ3v) is 6.37. The predicted octanol–water partition coefficient (Wildman–Crippen LogP) is 2.87. The molecule has 3 amide bonds. The Labute approximate surface area is 206 Å². The van der Waals surface area contributed by atoms with Crippen molar-refractivity contribution in [3.05, 3.63) is 59.7 Å². The highest BCUT2D eigenvalue weighted by Crippen LogP contribution is 2.35. The van der Waals surface area contributed by atoms with Gasteiger partial charge in [-0.1, -0.05) is 24.3 Å². The highest BCUT2D eigenvalue weighted by molar-refractivity contribution is 5.93. The van der Waals surface area contributed by atoms with E-state index in [0.717, 1.165) is 11.6 Å². The topological polar surface area (TPSA) is 109 Å². The van der Waals surface area contributed by atoms with Gasteiger partial charge in [0.05, 0.1) is 23.8 Å². The van der Waals surface area contributed by atoms with Gasteiger partial charge in [0.15, 0.2) is 0 Å². The van der Waals surface area contributed by atoms with E-state index in [-0.39, 0.29) is 49.5 Å². The first kappa shape index (κ1) is 25.5. The zero-order chi connectivity index (χ0) is 25.8. The normalized spacial score (nSPS) is 22.0. The van der Waals surface area contributed by atoms with E-state index >= 15 is 0 Å². The lowest BCUT2D eigenvalue weighted by Crippen LogP contribution is -2.61. The maximum absolute atomic E-state index is 13.2. The van der Waals surface area contributed by atoms with Crippen molar-refractivity contribution in [2.75, 3.05) is 25.1 Å². The molecule has 2 aliphatic heterocycles. The fourth-order valence-electron chi connectivity index (χ4n) is 4.25. The van der Waals surface area contributed by atoms with Crippen molar-refractivity contribution in [1.29, 1.82) is 0 Å². The van der Waals surface area contributed by atoms with E-state index < -0.39 is 23.2 Å². The van der Waals surface area contributed by atoms with Crippen LogP contribution in [-0.2, 0) is 31.8 Å². The van der Waals surface area contributed by atoms with E-state index in [0.29, 0.717) is 25.1 Å². The Bertz CT molecular complexity index is 1110. The van der Waals surface area contributed by atoms with Gasteiger partial charge < -0.3 is 26.0 Å². The maximum atomic E-state index is 13.2. The van der Waals surface area contributed by atoms with Crippen LogP contribution in [0.25, 0.3) is 0 Å². The van der Waals surface area contributed by atoms with Crippen LogP contribution in [-0.4, -0.2) is 43.0 Å².